The van der Waals surface area contributed by atoms with Crippen molar-refractivity contribution in [2.24, 2.45) is 11.7 Å². The van der Waals surface area contributed by atoms with E-state index < -0.39 is 0 Å². The van der Waals surface area contributed by atoms with Crippen molar-refractivity contribution in [3.8, 4) is 0 Å². The third-order valence-electron chi connectivity index (χ3n) is 3.01. The topological polar surface area (TPSA) is 63.4 Å². The lowest BCUT2D eigenvalue weighted by molar-refractivity contribution is -0.122. The number of carbonyl (C=O) groups excluding carboxylic acids is 2. The van der Waals surface area contributed by atoms with E-state index in [2.05, 4.69) is 0 Å². The third kappa shape index (κ3) is 2.30. The highest BCUT2D eigenvalue weighted by Crippen LogP contribution is 2.34. The second-order valence-corrected chi connectivity index (χ2v) is 5.18. The van der Waals surface area contributed by atoms with Crippen molar-refractivity contribution in [3.63, 3.8) is 0 Å². The smallest absolute Gasteiger partial charge is 0.293 e. The highest BCUT2D eigenvalue weighted by Gasteiger charge is 2.34. The molecule has 4 nitrogen and oxygen atoms in total. The highest BCUT2D eigenvalue weighted by atomic mass is 32.2. The van der Waals surface area contributed by atoms with Crippen LogP contribution in [-0.2, 0) is 4.79 Å². The predicted octanol–water partition coefficient (Wildman–Crippen LogP) is 1.71. The first-order chi connectivity index (χ1) is 7.72. The molecule has 2 amide bonds. The number of amides is 2. The molecular weight excluding hydrogens is 224 g/mol. The Morgan fingerprint density at radius 1 is 1.38 bits per heavy atom. The van der Waals surface area contributed by atoms with Crippen LogP contribution in [0.5, 0.6) is 0 Å². The number of allylic oxidation sites excluding steroid dienone is 1. The van der Waals surface area contributed by atoms with Gasteiger partial charge in [-0.2, -0.15) is 0 Å². The second-order valence-electron chi connectivity index (χ2n) is 4.19. The van der Waals surface area contributed by atoms with E-state index in [1.54, 1.807) is 0 Å². The lowest BCUT2D eigenvalue weighted by Gasteiger charge is -2.09. The maximum atomic E-state index is 11.9. The van der Waals surface area contributed by atoms with Crippen LogP contribution in [0.15, 0.2) is 11.0 Å². The molecule has 16 heavy (non-hydrogen) atoms. The van der Waals surface area contributed by atoms with Crippen molar-refractivity contribution >= 4 is 22.9 Å². The van der Waals surface area contributed by atoms with E-state index in [0.29, 0.717) is 23.9 Å². The van der Waals surface area contributed by atoms with Gasteiger partial charge < -0.3 is 5.73 Å². The first-order valence-electron chi connectivity index (χ1n) is 5.68. The standard InChI is InChI=1S/C11H16N2O2S/c12-5-6-13-10(14)9(16-11(13)15)7-8-3-1-2-4-8/h7-8H,1-6,12H2. The summed E-state index contributed by atoms with van der Waals surface area (Å²) in [6, 6.07) is 0. The van der Waals surface area contributed by atoms with Crippen molar-refractivity contribution in [2.75, 3.05) is 13.1 Å². The molecule has 0 bridgehead atoms. The third-order valence-corrected chi connectivity index (χ3v) is 3.94. The Morgan fingerprint density at radius 2 is 2.06 bits per heavy atom. The Hall–Kier alpha value is -0.810. The minimum Gasteiger partial charge on any atom is -0.329 e. The molecule has 5 heteroatoms. The van der Waals surface area contributed by atoms with Gasteiger partial charge in [-0.15, -0.1) is 0 Å². The first-order valence-corrected chi connectivity index (χ1v) is 6.49. The molecule has 2 aliphatic rings. The van der Waals surface area contributed by atoms with Gasteiger partial charge in [-0.25, -0.2) is 0 Å². The summed E-state index contributed by atoms with van der Waals surface area (Å²) in [5.41, 5.74) is 5.37. The molecule has 2 fully saturated rings. The second kappa shape index (κ2) is 5.01. The minimum absolute atomic E-state index is 0.160. The minimum atomic E-state index is -0.181. The molecule has 88 valence electrons. The summed E-state index contributed by atoms with van der Waals surface area (Å²) < 4.78 is 0. The Bertz CT molecular complexity index is 335. The molecule has 0 radical (unpaired) electrons. The van der Waals surface area contributed by atoms with Crippen LogP contribution < -0.4 is 5.73 Å². The van der Waals surface area contributed by atoms with Crippen LogP contribution in [0.4, 0.5) is 4.79 Å². The largest absolute Gasteiger partial charge is 0.329 e. The molecule has 0 atom stereocenters. The highest BCUT2D eigenvalue weighted by molar-refractivity contribution is 8.18. The summed E-state index contributed by atoms with van der Waals surface area (Å²) in [4.78, 5) is 25.2. The number of hydrogen-bond acceptors (Lipinski definition) is 4. The lowest BCUT2D eigenvalue weighted by atomic mass is 10.1. The fourth-order valence-electron chi connectivity index (χ4n) is 2.17. The van der Waals surface area contributed by atoms with Gasteiger partial charge in [-0.05, 0) is 30.5 Å². The molecule has 1 aliphatic heterocycles. The zero-order chi connectivity index (χ0) is 11.5. The molecule has 1 aliphatic carbocycles. The summed E-state index contributed by atoms with van der Waals surface area (Å²) >= 11 is 1.05. The van der Waals surface area contributed by atoms with Crippen molar-refractivity contribution in [1.82, 2.24) is 4.90 Å². The SMILES string of the molecule is NCCN1C(=O)SC(=CC2CCCC2)C1=O. The van der Waals surface area contributed by atoms with E-state index in [0.717, 1.165) is 24.6 Å². The number of hydrogen-bond donors (Lipinski definition) is 1. The molecule has 0 aromatic heterocycles. The van der Waals surface area contributed by atoms with E-state index in [1.807, 2.05) is 6.08 Å². The Labute approximate surface area is 99.2 Å². The molecule has 0 aromatic carbocycles. The maximum absolute atomic E-state index is 11.9. The Balaban J connectivity index is 2.07. The molecular formula is C11H16N2O2S. The number of rotatable bonds is 3. The van der Waals surface area contributed by atoms with E-state index in [-0.39, 0.29) is 11.1 Å². The van der Waals surface area contributed by atoms with Crippen LogP contribution >= 0.6 is 11.8 Å². The van der Waals surface area contributed by atoms with E-state index in [9.17, 15) is 9.59 Å². The first kappa shape index (κ1) is 11.7. The zero-order valence-electron chi connectivity index (χ0n) is 9.15. The fourth-order valence-corrected chi connectivity index (χ4v) is 3.10. The quantitative estimate of drug-likeness (QED) is 0.763. The molecule has 1 heterocycles. The number of nitrogens with zero attached hydrogens (tertiary/aromatic N) is 1. The van der Waals surface area contributed by atoms with Crippen molar-refractivity contribution in [1.29, 1.82) is 0 Å². The van der Waals surface area contributed by atoms with Gasteiger partial charge in [0.2, 0.25) is 0 Å². The van der Waals surface area contributed by atoms with Gasteiger partial charge in [-0.3, -0.25) is 14.5 Å². The fraction of sp³-hybridized carbons (Fsp3) is 0.636. The summed E-state index contributed by atoms with van der Waals surface area (Å²) in [6.45, 7) is 0.654. The predicted molar refractivity (Wildman–Crippen MR) is 63.8 cm³/mol. The molecule has 0 unspecified atom stereocenters. The molecule has 2 N–H and O–H groups in total. The van der Waals surface area contributed by atoms with Crippen molar-refractivity contribution in [3.05, 3.63) is 11.0 Å². The number of thioether (sulfide) groups is 1. The summed E-state index contributed by atoms with van der Waals surface area (Å²) in [6.07, 6.45) is 6.72. The van der Waals surface area contributed by atoms with E-state index in [1.165, 1.54) is 17.7 Å². The number of carbonyl (C=O) groups is 2. The molecule has 0 aromatic rings. The van der Waals surface area contributed by atoms with E-state index in [4.69, 9.17) is 5.73 Å². The molecule has 0 spiro atoms. The van der Waals surface area contributed by atoms with Crippen LogP contribution in [0.2, 0.25) is 0 Å². The van der Waals surface area contributed by atoms with Gasteiger partial charge in [0.15, 0.2) is 0 Å². The average Bonchev–Trinajstić information content (AvgIpc) is 2.84. The van der Waals surface area contributed by atoms with Crippen LogP contribution in [0.1, 0.15) is 25.7 Å². The zero-order valence-corrected chi connectivity index (χ0v) is 9.96. The Morgan fingerprint density at radius 3 is 2.69 bits per heavy atom. The van der Waals surface area contributed by atoms with Crippen LogP contribution in [0, 0.1) is 5.92 Å². The van der Waals surface area contributed by atoms with Crippen LogP contribution in [0.25, 0.3) is 0 Å². The lowest BCUT2D eigenvalue weighted by Crippen LogP contribution is -2.33. The maximum Gasteiger partial charge on any atom is 0.293 e. The average molecular weight is 240 g/mol. The molecule has 1 saturated carbocycles. The van der Waals surface area contributed by atoms with Crippen molar-refractivity contribution < 1.29 is 9.59 Å². The van der Waals surface area contributed by atoms with Crippen LogP contribution in [0.3, 0.4) is 0 Å². The normalized spacial score (nSPS) is 25.1. The summed E-state index contributed by atoms with van der Waals surface area (Å²) in [5, 5.41) is -0.181. The van der Waals surface area contributed by atoms with Gasteiger partial charge in [0.05, 0.1) is 4.91 Å². The Kier molecular flexibility index (Phi) is 3.66. The number of imide groups is 1. The summed E-state index contributed by atoms with van der Waals surface area (Å²) in [7, 11) is 0. The van der Waals surface area contributed by atoms with Gasteiger partial charge >= 0.3 is 0 Å². The van der Waals surface area contributed by atoms with E-state index >= 15 is 0 Å². The molecule has 2 rings (SSSR count). The monoisotopic (exact) mass is 240 g/mol. The van der Waals surface area contributed by atoms with Crippen molar-refractivity contribution in [2.45, 2.75) is 25.7 Å². The summed E-state index contributed by atoms with van der Waals surface area (Å²) in [5.74, 6) is 0.324. The van der Waals surface area contributed by atoms with Crippen LogP contribution in [-0.4, -0.2) is 29.1 Å². The van der Waals surface area contributed by atoms with Gasteiger partial charge in [0.1, 0.15) is 0 Å². The van der Waals surface area contributed by atoms with Gasteiger partial charge in [0, 0.05) is 13.1 Å². The number of nitrogens with two attached hydrogens (primary N) is 1. The molecule has 1 saturated heterocycles. The van der Waals surface area contributed by atoms with Gasteiger partial charge in [0.25, 0.3) is 11.1 Å². The van der Waals surface area contributed by atoms with Gasteiger partial charge in [-0.1, -0.05) is 18.9 Å².